The Balaban J connectivity index is 2.43. The zero-order chi connectivity index (χ0) is 11.7. The normalized spacial score (nSPS) is 10.6. The fourth-order valence-electron chi connectivity index (χ4n) is 1.25. The van der Waals surface area contributed by atoms with Crippen molar-refractivity contribution in [1.29, 1.82) is 0 Å². The highest BCUT2D eigenvalue weighted by Gasteiger charge is 2.23. The smallest absolute Gasteiger partial charge is 0.358 e. The van der Waals surface area contributed by atoms with Gasteiger partial charge >= 0.3 is 5.82 Å². The summed E-state index contributed by atoms with van der Waals surface area (Å²) in [6.07, 6.45) is 1.60. The van der Waals surface area contributed by atoms with Crippen LogP contribution in [0, 0.1) is 10.1 Å². The molecule has 0 spiro atoms. The highest BCUT2D eigenvalue weighted by atomic mass is 35.5. The van der Waals surface area contributed by atoms with Gasteiger partial charge in [-0.3, -0.25) is 0 Å². The van der Waals surface area contributed by atoms with Gasteiger partial charge in [-0.2, -0.15) is 9.38 Å². The molecule has 0 bridgehead atoms. The number of aromatic nitrogens is 2. The van der Waals surface area contributed by atoms with E-state index in [-0.39, 0.29) is 18.2 Å². The van der Waals surface area contributed by atoms with Crippen molar-refractivity contribution in [3.05, 3.63) is 33.3 Å². The molecule has 2 aromatic heterocycles. The van der Waals surface area contributed by atoms with E-state index < -0.39 is 4.92 Å². The number of nitrogens with zero attached hydrogens (tertiary/aromatic N) is 3. The molecule has 6 nitrogen and oxygen atoms in total. The average Bonchev–Trinajstić information content (AvgIpc) is 2.71. The van der Waals surface area contributed by atoms with E-state index in [1.54, 1.807) is 11.6 Å². The minimum atomic E-state index is -0.480. The molecule has 16 heavy (non-hydrogen) atoms. The molecule has 1 N–H and O–H groups in total. The monoisotopic (exact) mass is 258 g/mol. The lowest BCUT2D eigenvalue weighted by atomic mass is 10.5. The van der Waals surface area contributed by atoms with Crippen LogP contribution in [0.3, 0.4) is 0 Å². The Hall–Kier alpha value is -1.60. The maximum Gasteiger partial charge on any atom is 0.372 e. The molecule has 2 heterocycles. The average molecular weight is 259 g/mol. The van der Waals surface area contributed by atoms with E-state index in [0.717, 1.165) is 0 Å². The van der Waals surface area contributed by atoms with Gasteiger partial charge in [0.25, 0.3) is 4.96 Å². The second kappa shape index (κ2) is 4.11. The van der Waals surface area contributed by atoms with Crippen LogP contribution in [0.15, 0.2) is 23.2 Å². The highest BCUT2D eigenvalue weighted by molar-refractivity contribution is 7.15. The Morgan fingerprint density at radius 2 is 2.56 bits per heavy atom. The third-order valence-electron chi connectivity index (χ3n) is 1.86. The predicted molar refractivity (Wildman–Crippen MR) is 63.2 cm³/mol. The van der Waals surface area contributed by atoms with Gasteiger partial charge in [-0.15, -0.1) is 0 Å². The number of thiazole rings is 1. The number of halogens is 1. The minimum absolute atomic E-state index is 0.0887. The number of hydrogen-bond donors (Lipinski definition) is 1. The number of fused-ring (bicyclic) bond motifs is 1. The summed E-state index contributed by atoms with van der Waals surface area (Å²) in [6, 6.07) is 0. The third kappa shape index (κ3) is 1.86. The Morgan fingerprint density at radius 3 is 3.19 bits per heavy atom. The predicted octanol–water partition coefficient (Wildman–Crippen LogP) is 2.47. The number of imidazole rings is 1. The second-order valence-corrected chi connectivity index (χ2v) is 4.38. The van der Waals surface area contributed by atoms with E-state index in [9.17, 15) is 10.1 Å². The molecule has 0 aromatic carbocycles. The maximum absolute atomic E-state index is 10.9. The van der Waals surface area contributed by atoms with Crippen molar-refractivity contribution in [2.75, 3.05) is 11.9 Å². The fourth-order valence-corrected chi connectivity index (χ4v) is 2.02. The van der Waals surface area contributed by atoms with Crippen molar-refractivity contribution in [2.45, 2.75) is 0 Å². The van der Waals surface area contributed by atoms with Crippen LogP contribution in [0.4, 0.5) is 11.6 Å². The molecule has 0 atom stereocenters. The van der Waals surface area contributed by atoms with Gasteiger partial charge in [0, 0.05) is 10.4 Å². The summed E-state index contributed by atoms with van der Waals surface area (Å²) in [4.78, 5) is 15.1. The van der Waals surface area contributed by atoms with E-state index in [2.05, 4.69) is 16.9 Å². The van der Waals surface area contributed by atoms with Gasteiger partial charge in [-0.25, -0.2) is 0 Å². The Bertz CT molecular complexity index is 561. The quantitative estimate of drug-likeness (QED) is 0.675. The largest absolute Gasteiger partial charge is 0.372 e. The molecule has 0 radical (unpaired) electrons. The van der Waals surface area contributed by atoms with Crippen LogP contribution in [0.5, 0.6) is 0 Å². The van der Waals surface area contributed by atoms with Crippen molar-refractivity contribution in [1.82, 2.24) is 9.38 Å². The van der Waals surface area contributed by atoms with Gasteiger partial charge in [0.15, 0.2) is 0 Å². The number of hydrogen-bond acceptors (Lipinski definition) is 5. The van der Waals surface area contributed by atoms with Gasteiger partial charge in [0.1, 0.15) is 6.20 Å². The van der Waals surface area contributed by atoms with E-state index in [1.165, 1.54) is 15.7 Å². The lowest BCUT2D eigenvalue weighted by molar-refractivity contribution is -0.389. The molecule has 0 unspecified atom stereocenters. The molecule has 0 saturated heterocycles. The van der Waals surface area contributed by atoms with Crippen molar-refractivity contribution >= 4 is 39.5 Å². The molecular weight excluding hydrogens is 252 g/mol. The Kier molecular flexibility index (Phi) is 2.80. The van der Waals surface area contributed by atoms with Gasteiger partial charge in [0.05, 0.1) is 6.54 Å². The summed E-state index contributed by atoms with van der Waals surface area (Å²) >= 11 is 6.90. The van der Waals surface area contributed by atoms with Gasteiger partial charge < -0.3 is 15.4 Å². The highest BCUT2D eigenvalue weighted by Crippen LogP contribution is 2.27. The summed E-state index contributed by atoms with van der Waals surface area (Å²) in [5.74, 6) is 0.118. The molecule has 0 saturated carbocycles. The number of nitrogens with one attached hydrogen (secondary N) is 1. The first kappa shape index (κ1) is 10.9. The first-order valence-electron chi connectivity index (χ1n) is 4.26. The summed E-state index contributed by atoms with van der Waals surface area (Å²) in [6.45, 7) is 3.73. The number of anilines is 1. The van der Waals surface area contributed by atoms with Crippen LogP contribution in [0.2, 0.25) is 0 Å². The molecule has 0 fully saturated rings. The SMILES string of the molecule is C=C(Cl)CNc1nc2sccn2c1[N+](=O)[O-]. The van der Waals surface area contributed by atoms with E-state index in [1.807, 2.05) is 0 Å². The minimum Gasteiger partial charge on any atom is -0.358 e. The summed E-state index contributed by atoms with van der Waals surface area (Å²) in [5, 5.41) is 15.8. The van der Waals surface area contributed by atoms with Crippen molar-refractivity contribution < 1.29 is 4.92 Å². The van der Waals surface area contributed by atoms with Crippen molar-refractivity contribution in [2.24, 2.45) is 0 Å². The van der Waals surface area contributed by atoms with Gasteiger partial charge in [-0.1, -0.05) is 29.5 Å². The fraction of sp³-hybridized carbons (Fsp3) is 0.125. The molecular formula is C8H7ClN4O2S. The molecule has 2 aromatic rings. The van der Waals surface area contributed by atoms with Gasteiger partial charge in [-0.05, 0) is 4.92 Å². The maximum atomic E-state index is 10.9. The van der Waals surface area contributed by atoms with Crippen LogP contribution in [0.25, 0.3) is 4.96 Å². The van der Waals surface area contributed by atoms with Gasteiger partial charge in [0.2, 0.25) is 5.82 Å². The molecule has 2 rings (SSSR count). The first-order valence-corrected chi connectivity index (χ1v) is 5.52. The summed E-state index contributed by atoms with van der Waals surface area (Å²) in [7, 11) is 0. The molecule has 8 heteroatoms. The van der Waals surface area contributed by atoms with E-state index in [0.29, 0.717) is 9.99 Å². The molecule has 84 valence electrons. The van der Waals surface area contributed by atoms with Crippen LogP contribution in [0.1, 0.15) is 0 Å². The lowest BCUT2D eigenvalue weighted by Crippen LogP contribution is -2.04. The lowest BCUT2D eigenvalue weighted by Gasteiger charge is -2.00. The number of rotatable bonds is 4. The summed E-state index contributed by atoms with van der Waals surface area (Å²) in [5.41, 5.74) is 0. The van der Waals surface area contributed by atoms with Crippen molar-refractivity contribution in [3.8, 4) is 0 Å². The molecule has 0 aliphatic rings. The molecule has 0 aliphatic carbocycles. The Morgan fingerprint density at radius 1 is 1.81 bits per heavy atom. The zero-order valence-electron chi connectivity index (χ0n) is 8.01. The molecule has 0 aliphatic heterocycles. The van der Waals surface area contributed by atoms with E-state index in [4.69, 9.17) is 11.6 Å². The first-order chi connectivity index (χ1) is 7.59. The van der Waals surface area contributed by atoms with Crippen LogP contribution >= 0.6 is 22.9 Å². The number of nitro groups is 1. The van der Waals surface area contributed by atoms with Crippen LogP contribution in [-0.2, 0) is 0 Å². The standard InChI is InChI=1S/C8H7ClN4O2S/c1-5(9)4-10-6-7(13(14)15)12-2-3-16-8(12)11-6/h2-3,10H,1,4H2. The van der Waals surface area contributed by atoms with Crippen LogP contribution in [-0.4, -0.2) is 20.9 Å². The topological polar surface area (TPSA) is 72.5 Å². The van der Waals surface area contributed by atoms with Crippen molar-refractivity contribution in [3.63, 3.8) is 0 Å². The van der Waals surface area contributed by atoms with E-state index >= 15 is 0 Å². The zero-order valence-corrected chi connectivity index (χ0v) is 9.59. The Labute approximate surface area is 99.3 Å². The van der Waals surface area contributed by atoms with Crippen LogP contribution < -0.4 is 5.32 Å². The molecule has 0 amide bonds. The third-order valence-corrected chi connectivity index (χ3v) is 2.75. The summed E-state index contributed by atoms with van der Waals surface area (Å²) < 4.78 is 1.42. The second-order valence-electron chi connectivity index (χ2n) is 2.97.